The molecule has 80 valence electrons. The first-order valence-electron chi connectivity index (χ1n) is 5.08. The molecule has 0 atom stereocenters. The Morgan fingerprint density at radius 1 is 1.25 bits per heavy atom. The van der Waals surface area contributed by atoms with E-state index < -0.39 is 0 Å². The average Bonchev–Trinajstić information content (AvgIpc) is 2.25. The molecule has 3 heteroatoms. The van der Waals surface area contributed by atoms with Gasteiger partial charge in [-0.25, -0.2) is 0 Å². The molecule has 1 heterocycles. The number of aryl methyl sites for hydroxylation is 3. The van der Waals surface area contributed by atoms with E-state index in [9.17, 15) is 0 Å². The molecule has 1 aromatic heterocycles. The molecule has 0 spiro atoms. The largest absolute Gasteiger partial charge is 0.256 e. The van der Waals surface area contributed by atoms with E-state index in [1.807, 2.05) is 32.2 Å². The standard InChI is InChI=1S/C13H12N2S/c1-8-4-5-14-13-9(2)6-11(15-7-16)10(3)12(8)13/h4-6H,1-3H3. The Morgan fingerprint density at radius 3 is 2.69 bits per heavy atom. The summed E-state index contributed by atoms with van der Waals surface area (Å²) in [7, 11) is 0. The molecular weight excluding hydrogens is 216 g/mol. The van der Waals surface area contributed by atoms with Crippen LogP contribution in [-0.2, 0) is 0 Å². The molecule has 0 bridgehead atoms. The summed E-state index contributed by atoms with van der Waals surface area (Å²) in [6, 6.07) is 4.02. The van der Waals surface area contributed by atoms with Crippen molar-refractivity contribution in [2.45, 2.75) is 20.8 Å². The van der Waals surface area contributed by atoms with Crippen molar-refractivity contribution in [3.8, 4) is 0 Å². The van der Waals surface area contributed by atoms with Crippen LogP contribution in [0, 0.1) is 20.8 Å². The summed E-state index contributed by atoms with van der Waals surface area (Å²) in [6.45, 7) is 6.17. The van der Waals surface area contributed by atoms with Gasteiger partial charge in [0, 0.05) is 11.6 Å². The molecule has 16 heavy (non-hydrogen) atoms. The molecule has 1 aromatic carbocycles. The summed E-state index contributed by atoms with van der Waals surface area (Å²) in [5, 5.41) is 3.60. The lowest BCUT2D eigenvalue weighted by Gasteiger charge is -2.09. The van der Waals surface area contributed by atoms with Gasteiger partial charge in [-0.15, -0.1) is 0 Å². The van der Waals surface area contributed by atoms with Gasteiger partial charge in [0.15, 0.2) is 0 Å². The first-order chi connectivity index (χ1) is 7.65. The van der Waals surface area contributed by atoms with Crippen LogP contribution in [0.25, 0.3) is 10.9 Å². The molecule has 0 saturated carbocycles. The van der Waals surface area contributed by atoms with Crippen LogP contribution in [0.1, 0.15) is 16.7 Å². The molecule has 0 unspecified atom stereocenters. The van der Waals surface area contributed by atoms with Crippen molar-refractivity contribution in [1.29, 1.82) is 0 Å². The highest BCUT2D eigenvalue weighted by Gasteiger charge is 2.08. The third kappa shape index (κ3) is 1.64. The number of hydrogen-bond donors (Lipinski definition) is 0. The van der Waals surface area contributed by atoms with E-state index in [1.165, 1.54) is 10.9 Å². The second-order valence-corrected chi connectivity index (χ2v) is 4.07. The molecule has 0 aliphatic heterocycles. The number of isothiocyanates is 1. The zero-order chi connectivity index (χ0) is 11.7. The molecule has 0 fully saturated rings. The van der Waals surface area contributed by atoms with Crippen molar-refractivity contribution >= 4 is 34.0 Å². The second kappa shape index (κ2) is 4.12. The van der Waals surface area contributed by atoms with Crippen LogP contribution in [0.4, 0.5) is 5.69 Å². The highest BCUT2D eigenvalue weighted by Crippen LogP contribution is 2.31. The molecular formula is C13H12N2S. The van der Waals surface area contributed by atoms with Crippen molar-refractivity contribution < 1.29 is 0 Å². The van der Waals surface area contributed by atoms with Crippen LogP contribution >= 0.6 is 12.2 Å². The van der Waals surface area contributed by atoms with Crippen molar-refractivity contribution in [2.75, 3.05) is 0 Å². The van der Waals surface area contributed by atoms with Gasteiger partial charge in [-0.05, 0) is 61.8 Å². The summed E-state index contributed by atoms with van der Waals surface area (Å²) >= 11 is 4.66. The van der Waals surface area contributed by atoms with Gasteiger partial charge in [0.05, 0.1) is 16.4 Å². The quantitative estimate of drug-likeness (QED) is 0.546. The van der Waals surface area contributed by atoms with E-state index in [0.29, 0.717) is 0 Å². The van der Waals surface area contributed by atoms with E-state index >= 15 is 0 Å². The Kier molecular flexibility index (Phi) is 2.82. The molecule has 0 saturated heterocycles. The maximum absolute atomic E-state index is 4.66. The van der Waals surface area contributed by atoms with E-state index in [4.69, 9.17) is 0 Å². The molecule has 0 aliphatic rings. The van der Waals surface area contributed by atoms with E-state index in [2.05, 4.69) is 34.3 Å². The predicted octanol–water partition coefficient (Wildman–Crippen LogP) is 3.89. The normalized spacial score (nSPS) is 10.2. The summed E-state index contributed by atoms with van der Waals surface area (Å²) in [5.41, 5.74) is 5.38. The van der Waals surface area contributed by atoms with Crippen LogP contribution in [0.15, 0.2) is 23.3 Å². The van der Waals surface area contributed by atoms with Crippen LogP contribution in [0.5, 0.6) is 0 Å². The Balaban J connectivity index is 2.97. The minimum Gasteiger partial charge on any atom is -0.256 e. The highest BCUT2D eigenvalue weighted by molar-refractivity contribution is 7.78. The van der Waals surface area contributed by atoms with Crippen LogP contribution in [0.3, 0.4) is 0 Å². The Bertz CT molecular complexity index is 611. The third-order valence-corrected chi connectivity index (χ3v) is 2.90. The molecule has 0 radical (unpaired) electrons. The number of aliphatic imine (C=N–C) groups is 1. The number of rotatable bonds is 1. The van der Waals surface area contributed by atoms with Gasteiger partial charge < -0.3 is 0 Å². The summed E-state index contributed by atoms with van der Waals surface area (Å²) < 4.78 is 0. The highest BCUT2D eigenvalue weighted by atomic mass is 32.1. The minimum absolute atomic E-state index is 0.885. The second-order valence-electron chi connectivity index (χ2n) is 3.89. The Labute approximate surface area is 100 Å². The zero-order valence-electron chi connectivity index (χ0n) is 9.53. The lowest BCUT2D eigenvalue weighted by atomic mass is 10.00. The number of hydrogen-bond acceptors (Lipinski definition) is 3. The fourth-order valence-corrected chi connectivity index (χ4v) is 2.10. The summed E-state index contributed by atoms with van der Waals surface area (Å²) in [4.78, 5) is 8.51. The lowest BCUT2D eigenvalue weighted by Crippen LogP contribution is -1.90. The fraction of sp³-hybridized carbons (Fsp3) is 0.231. The smallest absolute Gasteiger partial charge is 0.0778 e. The number of aromatic nitrogens is 1. The maximum atomic E-state index is 4.66. The molecule has 2 aromatic rings. The monoisotopic (exact) mass is 228 g/mol. The number of pyridine rings is 1. The number of thiocarbonyl (C=S) groups is 1. The number of benzene rings is 1. The van der Waals surface area contributed by atoms with Gasteiger partial charge in [-0.3, -0.25) is 4.98 Å². The topological polar surface area (TPSA) is 25.2 Å². The number of nitrogens with zero attached hydrogens (tertiary/aromatic N) is 2. The fourth-order valence-electron chi connectivity index (χ4n) is 2.01. The van der Waals surface area contributed by atoms with Gasteiger partial charge >= 0.3 is 0 Å². The number of fused-ring (bicyclic) bond motifs is 1. The van der Waals surface area contributed by atoms with Gasteiger partial charge in [0.25, 0.3) is 0 Å². The lowest BCUT2D eigenvalue weighted by molar-refractivity contribution is 1.30. The SMILES string of the molecule is Cc1cc(N=C=S)c(C)c2c(C)ccnc12. The molecule has 0 amide bonds. The minimum atomic E-state index is 0.885. The van der Waals surface area contributed by atoms with Crippen molar-refractivity contribution in [3.63, 3.8) is 0 Å². The molecule has 2 nitrogen and oxygen atoms in total. The molecule has 0 N–H and O–H groups in total. The maximum Gasteiger partial charge on any atom is 0.0778 e. The average molecular weight is 228 g/mol. The molecule has 2 rings (SSSR count). The zero-order valence-corrected chi connectivity index (χ0v) is 10.4. The Morgan fingerprint density at radius 2 is 2.00 bits per heavy atom. The van der Waals surface area contributed by atoms with Gasteiger partial charge in [0.1, 0.15) is 0 Å². The van der Waals surface area contributed by atoms with Gasteiger partial charge in [0.2, 0.25) is 0 Å². The summed E-state index contributed by atoms with van der Waals surface area (Å²) in [6.07, 6.45) is 1.84. The van der Waals surface area contributed by atoms with E-state index in [0.717, 1.165) is 22.3 Å². The third-order valence-electron chi connectivity index (χ3n) is 2.81. The van der Waals surface area contributed by atoms with Crippen molar-refractivity contribution in [3.05, 3.63) is 35.0 Å². The van der Waals surface area contributed by atoms with Crippen molar-refractivity contribution in [1.82, 2.24) is 4.98 Å². The van der Waals surface area contributed by atoms with E-state index in [1.54, 1.807) is 0 Å². The predicted molar refractivity (Wildman–Crippen MR) is 70.6 cm³/mol. The van der Waals surface area contributed by atoms with Crippen LogP contribution in [0.2, 0.25) is 0 Å². The Hall–Kier alpha value is -1.57. The first-order valence-corrected chi connectivity index (χ1v) is 5.49. The van der Waals surface area contributed by atoms with Crippen LogP contribution < -0.4 is 0 Å². The van der Waals surface area contributed by atoms with Gasteiger partial charge in [-0.2, -0.15) is 4.99 Å². The van der Waals surface area contributed by atoms with Crippen LogP contribution in [-0.4, -0.2) is 10.1 Å². The molecule has 0 aliphatic carbocycles. The summed E-state index contributed by atoms with van der Waals surface area (Å²) in [5.74, 6) is 0. The van der Waals surface area contributed by atoms with Gasteiger partial charge in [-0.1, -0.05) is 0 Å². The first kappa shape index (κ1) is 10.9. The van der Waals surface area contributed by atoms with E-state index in [-0.39, 0.29) is 0 Å². The van der Waals surface area contributed by atoms with Crippen molar-refractivity contribution in [2.24, 2.45) is 4.99 Å².